The van der Waals surface area contributed by atoms with E-state index >= 15 is 0 Å². The van der Waals surface area contributed by atoms with Crippen molar-refractivity contribution in [3.05, 3.63) is 29.8 Å². The summed E-state index contributed by atoms with van der Waals surface area (Å²) < 4.78 is 5.61. The SMILES string of the molecule is Cc1ccccc1OCC(=O)N1CC2CCC(O)C2C1. The summed E-state index contributed by atoms with van der Waals surface area (Å²) in [5.41, 5.74) is 1.04. The maximum Gasteiger partial charge on any atom is 0.260 e. The van der Waals surface area contributed by atoms with Crippen LogP contribution in [0, 0.1) is 18.8 Å². The topological polar surface area (TPSA) is 49.8 Å². The predicted octanol–water partition coefficient (Wildman–Crippen LogP) is 1.60. The van der Waals surface area contributed by atoms with E-state index in [-0.39, 0.29) is 24.5 Å². The molecule has 108 valence electrons. The summed E-state index contributed by atoms with van der Waals surface area (Å²) in [5.74, 6) is 1.54. The second-order valence-corrected chi connectivity index (χ2v) is 5.92. The Morgan fingerprint density at radius 1 is 1.35 bits per heavy atom. The maximum absolute atomic E-state index is 12.2. The fraction of sp³-hybridized carbons (Fsp3) is 0.562. The Labute approximate surface area is 119 Å². The molecular formula is C16H21NO3. The lowest BCUT2D eigenvalue weighted by molar-refractivity contribution is -0.132. The average Bonchev–Trinajstić information content (AvgIpc) is 3.00. The molecule has 1 aliphatic heterocycles. The van der Waals surface area contributed by atoms with Gasteiger partial charge in [0.1, 0.15) is 5.75 Å². The number of carbonyl (C=O) groups excluding carboxylic acids is 1. The van der Waals surface area contributed by atoms with E-state index in [1.54, 1.807) is 0 Å². The number of aryl methyl sites for hydroxylation is 1. The van der Waals surface area contributed by atoms with Crippen molar-refractivity contribution in [2.75, 3.05) is 19.7 Å². The van der Waals surface area contributed by atoms with Gasteiger partial charge in [-0.3, -0.25) is 4.79 Å². The van der Waals surface area contributed by atoms with Gasteiger partial charge in [-0.2, -0.15) is 0 Å². The first-order chi connectivity index (χ1) is 9.65. The molecule has 1 aromatic carbocycles. The number of nitrogens with zero attached hydrogens (tertiary/aromatic N) is 1. The third-order valence-corrected chi connectivity index (χ3v) is 4.62. The molecule has 1 aliphatic carbocycles. The Morgan fingerprint density at radius 2 is 2.15 bits per heavy atom. The molecular weight excluding hydrogens is 254 g/mol. The Kier molecular flexibility index (Phi) is 3.66. The first-order valence-electron chi connectivity index (χ1n) is 7.29. The highest BCUT2D eigenvalue weighted by Gasteiger charge is 2.43. The van der Waals surface area contributed by atoms with Crippen LogP contribution in [0.25, 0.3) is 0 Å². The van der Waals surface area contributed by atoms with Gasteiger partial charge in [-0.15, -0.1) is 0 Å². The standard InChI is InChI=1S/C16H21NO3/c1-11-4-2-3-5-15(11)20-10-16(19)17-8-12-6-7-14(18)13(12)9-17/h2-5,12-14,18H,6-10H2,1H3. The number of hydrogen-bond donors (Lipinski definition) is 1. The van der Waals surface area contributed by atoms with Crippen molar-refractivity contribution in [3.63, 3.8) is 0 Å². The quantitative estimate of drug-likeness (QED) is 0.911. The van der Waals surface area contributed by atoms with Crippen LogP contribution in [0.4, 0.5) is 0 Å². The number of likely N-dealkylation sites (tertiary alicyclic amines) is 1. The van der Waals surface area contributed by atoms with Crippen molar-refractivity contribution < 1.29 is 14.6 Å². The van der Waals surface area contributed by atoms with E-state index in [9.17, 15) is 9.90 Å². The van der Waals surface area contributed by atoms with Crippen LogP contribution in [0.3, 0.4) is 0 Å². The monoisotopic (exact) mass is 275 g/mol. The third-order valence-electron chi connectivity index (χ3n) is 4.62. The fourth-order valence-electron chi connectivity index (χ4n) is 3.39. The Morgan fingerprint density at radius 3 is 2.90 bits per heavy atom. The number of hydrogen-bond acceptors (Lipinski definition) is 3. The van der Waals surface area contributed by atoms with Crippen LogP contribution >= 0.6 is 0 Å². The third kappa shape index (κ3) is 2.52. The molecule has 1 N–H and O–H groups in total. The van der Waals surface area contributed by atoms with Crippen LogP contribution in [0.5, 0.6) is 5.75 Å². The van der Waals surface area contributed by atoms with Crippen LogP contribution in [0.1, 0.15) is 18.4 Å². The second-order valence-electron chi connectivity index (χ2n) is 5.92. The molecule has 4 nitrogen and oxygen atoms in total. The average molecular weight is 275 g/mol. The Bertz CT molecular complexity index is 502. The molecule has 0 bridgehead atoms. The van der Waals surface area contributed by atoms with E-state index in [0.29, 0.717) is 12.5 Å². The largest absolute Gasteiger partial charge is 0.484 e. The molecule has 3 rings (SSSR count). The number of amides is 1. The molecule has 3 atom stereocenters. The number of aliphatic hydroxyl groups is 1. The van der Waals surface area contributed by atoms with E-state index in [1.165, 1.54) is 0 Å². The zero-order valence-corrected chi connectivity index (χ0v) is 11.8. The molecule has 0 radical (unpaired) electrons. The molecule has 1 saturated heterocycles. The van der Waals surface area contributed by atoms with Crippen LogP contribution < -0.4 is 4.74 Å². The minimum absolute atomic E-state index is 0.0230. The van der Waals surface area contributed by atoms with Crippen molar-refractivity contribution in [2.45, 2.75) is 25.9 Å². The van der Waals surface area contributed by atoms with E-state index in [1.807, 2.05) is 36.1 Å². The summed E-state index contributed by atoms with van der Waals surface area (Å²) in [4.78, 5) is 14.0. The van der Waals surface area contributed by atoms with E-state index in [2.05, 4.69) is 0 Å². The molecule has 1 saturated carbocycles. The summed E-state index contributed by atoms with van der Waals surface area (Å²) in [6, 6.07) is 7.71. The zero-order chi connectivity index (χ0) is 14.1. The molecule has 1 aromatic rings. The molecule has 3 unspecified atom stereocenters. The lowest BCUT2D eigenvalue weighted by atomic mass is 10.00. The molecule has 0 aromatic heterocycles. The van der Waals surface area contributed by atoms with Gasteiger partial charge in [0.25, 0.3) is 5.91 Å². The van der Waals surface area contributed by atoms with Crippen molar-refractivity contribution in [3.8, 4) is 5.75 Å². The van der Waals surface area contributed by atoms with Gasteiger partial charge in [0.2, 0.25) is 0 Å². The molecule has 2 aliphatic rings. The molecule has 0 spiro atoms. The minimum Gasteiger partial charge on any atom is -0.484 e. The minimum atomic E-state index is -0.227. The van der Waals surface area contributed by atoms with E-state index in [4.69, 9.17) is 4.74 Å². The predicted molar refractivity (Wildman–Crippen MR) is 75.5 cm³/mol. The lowest BCUT2D eigenvalue weighted by Gasteiger charge is -2.19. The highest BCUT2D eigenvalue weighted by atomic mass is 16.5. The second kappa shape index (κ2) is 5.44. The molecule has 1 heterocycles. The highest BCUT2D eigenvalue weighted by molar-refractivity contribution is 5.78. The van der Waals surface area contributed by atoms with Gasteiger partial charge in [-0.1, -0.05) is 18.2 Å². The van der Waals surface area contributed by atoms with Gasteiger partial charge in [0.05, 0.1) is 6.10 Å². The summed E-state index contributed by atoms with van der Waals surface area (Å²) >= 11 is 0. The first kappa shape index (κ1) is 13.4. The van der Waals surface area contributed by atoms with Gasteiger partial charge >= 0.3 is 0 Å². The molecule has 2 fully saturated rings. The van der Waals surface area contributed by atoms with Gasteiger partial charge < -0.3 is 14.7 Å². The first-order valence-corrected chi connectivity index (χ1v) is 7.29. The highest BCUT2D eigenvalue weighted by Crippen LogP contribution is 2.38. The smallest absolute Gasteiger partial charge is 0.260 e. The fourth-order valence-corrected chi connectivity index (χ4v) is 3.39. The molecule has 4 heteroatoms. The van der Waals surface area contributed by atoms with Gasteiger partial charge in [0.15, 0.2) is 6.61 Å². The molecule has 1 amide bonds. The number of aliphatic hydroxyl groups excluding tert-OH is 1. The van der Waals surface area contributed by atoms with Crippen molar-refractivity contribution in [1.29, 1.82) is 0 Å². The van der Waals surface area contributed by atoms with E-state index < -0.39 is 0 Å². The number of ether oxygens (including phenoxy) is 1. The van der Waals surface area contributed by atoms with E-state index in [0.717, 1.165) is 30.7 Å². The normalized spacial score (nSPS) is 28.5. The molecule has 20 heavy (non-hydrogen) atoms. The van der Waals surface area contributed by atoms with Crippen LogP contribution in [0.2, 0.25) is 0 Å². The summed E-state index contributed by atoms with van der Waals surface area (Å²) in [5, 5.41) is 9.87. The zero-order valence-electron chi connectivity index (χ0n) is 11.8. The van der Waals surface area contributed by atoms with Crippen LogP contribution in [0.15, 0.2) is 24.3 Å². The number of fused-ring (bicyclic) bond motifs is 1. The Hall–Kier alpha value is -1.55. The number of carbonyl (C=O) groups is 1. The summed E-state index contributed by atoms with van der Waals surface area (Å²) in [7, 11) is 0. The van der Waals surface area contributed by atoms with Crippen molar-refractivity contribution >= 4 is 5.91 Å². The van der Waals surface area contributed by atoms with Crippen LogP contribution in [-0.2, 0) is 4.79 Å². The number of rotatable bonds is 3. The van der Waals surface area contributed by atoms with Crippen molar-refractivity contribution in [1.82, 2.24) is 4.90 Å². The van der Waals surface area contributed by atoms with Gasteiger partial charge in [-0.05, 0) is 37.3 Å². The maximum atomic E-state index is 12.2. The van der Waals surface area contributed by atoms with Gasteiger partial charge in [-0.25, -0.2) is 0 Å². The number of para-hydroxylation sites is 1. The lowest BCUT2D eigenvalue weighted by Crippen LogP contribution is -2.34. The van der Waals surface area contributed by atoms with Crippen LogP contribution in [-0.4, -0.2) is 41.7 Å². The summed E-state index contributed by atoms with van der Waals surface area (Å²) in [6.07, 6.45) is 1.70. The Balaban J connectivity index is 1.55. The van der Waals surface area contributed by atoms with Crippen molar-refractivity contribution in [2.24, 2.45) is 11.8 Å². The number of benzene rings is 1. The summed E-state index contributed by atoms with van der Waals surface area (Å²) in [6.45, 7) is 3.51. The van der Waals surface area contributed by atoms with Gasteiger partial charge in [0, 0.05) is 19.0 Å².